The predicted molar refractivity (Wildman–Crippen MR) is 137 cm³/mol. The van der Waals surface area contributed by atoms with E-state index in [0.717, 1.165) is 5.82 Å². The number of hydrogen-bond acceptors (Lipinski definition) is 1. The molecule has 3 fully saturated rings. The lowest BCUT2D eigenvalue weighted by molar-refractivity contribution is 0.483. The van der Waals surface area contributed by atoms with Gasteiger partial charge in [-0.3, -0.25) is 0 Å². The molecule has 1 heterocycles. The number of hydrogen-bond donors (Lipinski definition) is 0. The SMILES string of the molecule is [B]C1([B]C2CCCN2[B][B]C2CCCCCCCCC2)CCCCCCCCCC1. The summed E-state index contributed by atoms with van der Waals surface area (Å²) in [5, 5.41) is -0.0398. The molecule has 1 atom stereocenters. The minimum absolute atomic E-state index is 0.0398. The van der Waals surface area contributed by atoms with Gasteiger partial charge in [-0.2, -0.15) is 0 Å². The summed E-state index contributed by atoms with van der Waals surface area (Å²) < 4.78 is 0. The molecule has 0 aromatic rings. The lowest BCUT2D eigenvalue weighted by Gasteiger charge is -2.36. The van der Waals surface area contributed by atoms with Gasteiger partial charge in [0.25, 0.3) is 0 Å². The molecule has 1 saturated heterocycles. The summed E-state index contributed by atoms with van der Waals surface area (Å²) in [6.45, 7) is 1.22. The predicted octanol–water partition coefficient (Wildman–Crippen LogP) is 6.86. The standard InChI is InChI=1S/C25H46B4N/c26-25(20-14-10-6-1-2-7-11-15-21-25)27-24-19-16-22-30(24)29-28-23-17-12-8-4-3-5-9-13-18-23/h23-24H,1-22H2. The van der Waals surface area contributed by atoms with E-state index in [1.54, 1.807) is 0 Å². The van der Waals surface area contributed by atoms with Crippen LogP contribution in [0.15, 0.2) is 0 Å². The molecule has 5 radical (unpaired) electrons. The molecule has 2 aliphatic carbocycles. The molecule has 3 rings (SSSR count). The molecule has 30 heavy (non-hydrogen) atoms. The van der Waals surface area contributed by atoms with Crippen molar-refractivity contribution in [1.82, 2.24) is 4.81 Å². The zero-order valence-corrected chi connectivity index (χ0v) is 20.0. The Balaban J connectivity index is 1.46. The largest absolute Gasteiger partial charge is 0.360 e. The molecule has 0 aromatic heterocycles. The van der Waals surface area contributed by atoms with Gasteiger partial charge in [-0.1, -0.05) is 133 Å². The third-order valence-electron chi connectivity index (χ3n) is 8.10. The Labute approximate surface area is 192 Å². The molecule has 2 saturated carbocycles. The van der Waals surface area contributed by atoms with E-state index in [-0.39, 0.29) is 5.21 Å². The number of rotatable bonds is 5. The highest BCUT2D eigenvalue weighted by molar-refractivity contribution is 7.00. The van der Waals surface area contributed by atoms with Crippen molar-refractivity contribution in [1.29, 1.82) is 0 Å². The molecule has 0 aromatic carbocycles. The average Bonchev–Trinajstić information content (AvgIpc) is 3.16. The first kappa shape index (κ1) is 24.9. The van der Waals surface area contributed by atoms with Crippen LogP contribution < -0.4 is 0 Å². The Morgan fingerprint density at radius 3 is 1.67 bits per heavy atom. The normalized spacial score (nSPS) is 28.9. The fourth-order valence-corrected chi connectivity index (χ4v) is 6.09. The lowest BCUT2D eigenvalue weighted by Crippen LogP contribution is -2.44. The maximum absolute atomic E-state index is 7.04. The first-order chi connectivity index (χ1) is 14.8. The Kier molecular flexibility index (Phi) is 11.9. The summed E-state index contributed by atoms with van der Waals surface area (Å²) in [6, 6.07) is 0. The van der Waals surface area contributed by atoms with Gasteiger partial charge in [0.1, 0.15) is 7.28 Å². The highest BCUT2D eigenvalue weighted by Crippen LogP contribution is 2.38. The highest BCUT2D eigenvalue weighted by atomic mass is 15.1. The molecule has 1 aliphatic heterocycles. The summed E-state index contributed by atoms with van der Waals surface area (Å²) in [5.41, 5.74) is 0. The summed E-state index contributed by atoms with van der Waals surface area (Å²) in [7, 11) is 14.7. The smallest absolute Gasteiger partial charge is 0.159 e. The van der Waals surface area contributed by atoms with Crippen molar-refractivity contribution in [2.24, 2.45) is 0 Å². The quantitative estimate of drug-likeness (QED) is 0.453. The fourth-order valence-electron chi connectivity index (χ4n) is 6.09. The molecule has 0 N–H and O–H groups in total. The van der Waals surface area contributed by atoms with Crippen LogP contribution in [-0.4, -0.2) is 46.9 Å². The molecule has 5 heteroatoms. The topological polar surface area (TPSA) is 3.24 Å². The van der Waals surface area contributed by atoms with Crippen molar-refractivity contribution in [3.8, 4) is 0 Å². The zero-order chi connectivity index (χ0) is 20.9. The van der Waals surface area contributed by atoms with Crippen LogP contribution in [0.2, 0.25) is 11.0 Å². The van der Waals surface area contributed by atoms with Crippen molar-refractivity contribution in [3.05, 3.63) is 0 Å². The Morgan fingerprint density at radius 2 is 1.10 bits per heavy atom. The van der Waals surface area contributed by atoms with Gasteiger partial charge in [0.2, 0.25) is 0 Å². The van der Waals surface area contributed by atoms with Crippen molar-refractivity contribution in [2.45, 2.75) is 152 Å². The van der Waals surface area contributed by atoms with Crippen LogP contribution >= 0.6 is 0 Å². The highest BCUT2D eigenvalue weighted by Gasteiger charge is 2.34. The molecular weight excluding hydrogens is 358 g/mol. The van der Waals surface area contributed by atoms with Gasteiger partial charge in [-0.25, -0.2) is 0 Å². The van der Waals surface area contributed by atoms with E-state index in [0.29, 0.717) is 5.94 Å². The summed E-state index contributed by atoms with van der Waals surface area (Å²) in [5.74, 6) is 1.37. The molecular formula is C25H46B4N. The third kappa shape index (κ3) is 9.38. The van der Waals surface area contributed by atoms with Crippen LogP contribution in [0, 0.1) is 0 Å². The van der Waals surface area contributed by atoms with Crippen LogP contribution in [0.1, 0.15) is 135 Å². The van der Waals surface area contributed by atoms with Crippen molar-refractivity contribution < 1.29 is 0 Å². The van der Waals surface area contributed by atoms with Crippen molar-refractivity contribution in [2.75, 3.05) is 6.54 Å². The summed E-state index contributed by atoms with van der Waals surface area (Å²) in [4.78, 5) is 2.64. The Hall–Kier alpha value is 0.220. The lowest BCUT2D eigenvalue weighted by atomic mass is 9.33. The van der Waals surface area contributed by atoms with E-state index < -0.39 is 0 Å². The second kappa shape index (κ2) is 14.4. The van der Waals surface area contributed by atoms with Gasteiger partial charge in [-0.05, 0) is 25.3 Å². The van der Waals surface area contributed by atoms with E-state index in [2.05, 4.69) is 26.6 Å². The molecule has 0 spiro atoms. The van der Waals surface area contributed by atoms with Crippen molar-refractivity contribution in [3.63, 3.8) is 0 Å². The molecule has 3 aliphatic rings. The summed E-state index contributed by atoms with van der Waals surface area (Å²) in [6.07, 6.45) is 29.0. The van der Waals surface area contributed by atoms with Gasteiger partial charge < -0.3 is 4.81 Å². The maximum atomic E-state index is 7.04. The summed E-state index contributed by atoms with van der Waals surface area (Å²) >= 11 is 0. The fraction of sp³-hybridized carbons (Fsp3) is 1.00. The van der Waals surface area contributed by atoms with Crippen LogP contribution in [0.4, 0.5) is 0 Å². The monoisotopic (exact) mass is 404 g/mol. The van der Waals surface area contributed by atoms with E-state index >= 15 is 0 Å². The molecule has 1 unspecified atom stereocenters. The van der Waals surface area contributed by atoms with E-state index in [4.69, 9.17) is 7.85 Å². The van der Waals surface area contributed by atoms with Crippen LogP contribution in [-0.2, 0) is 0 Å². The van der Waals surface area contributed by atoms with Crippen LogP contribution in [0.3, 0.4) is 0 Å². The van der Waals surface area contributed by atoms with Crippen LogP contribution in [0.25, 0.3) is 0 Å². The zero-order valence-electron chi connectivity index (χ0n) is 20.0. The van der Waals surface area contributed by atoms with Crippen molar-refractivity contribution >= 4 is 29.6 Å². The molecule has 0 bridgehead atoms. The first-order valence-corrected chi connectivity index (χ1v) is 13.8. The van der Waals surface area contributed by atoms with E-state index in [1.165, 1.54) is 141 Å². The van der Waals surface area contributed by atoms with Gasteiger partial charge in [0.15, 0.2) is 7.31 Å². The van der Waals surface area contributed by atoms with E-state index in [1.807, 2.05) is 0 Å². The minimum atomic E-state index is -0.0398. The van der Waals surface area contributed by atoms with Crippen LogP contribution in [0.5, 0.6) is 0 Å². The molecule has 0 amide bonds. The molecule has 1 nitrogen and oxygen atoms in total. The van der Waals surface area contributed by atoms with E-state index in [9.17, 15) is 0 Å². The third-order valence-corrected chi connectivity index (χ3v) is 8.10. The van der Waals surface area contributed by atoms with Gasteiger partial charge in [0, 0.05) is 0 Å². The first-order valence-electron chi connectivity index (χ1n) is 13.8. The average molecular weight is 404 g/mol. The van der Waals surface area contributed by atoms with Gasteiger partial charge >= 0.3 is 0 Å². The second-order valence-electron chi connectivity index (χ2n) is 10.8. The Morgan fingerprint density at radius 1 is 0.600 bits per heavy atom. The second-order valence-corrected chi connectivity index (χ2v) is 10.8. The van der Waals surface area contributed by atoms with Gasteiger partial charge in [-0.15, -0.1) is 0 Å². The number of nitrogens with zero attached hydrogens (tertiary/aromatic N) is 1. The molecule has 163 valence electrons. The Bertz CT molecular complexity index is 425. The minimum Gasteiger partial charge on any atom is -0.360 e. The maximum Gasteiger partial charge on any atom is 0.159 e. The van der Waals surface area contributed by atoms with Gasteiger partial charge in [0.05, 0.1) is 15.0 Å².